The quantitative estimate of drug-likeness (QED) is 0.768. The van der Waals surface area contributed by atoms with E-state index < -0.39 is 23.3 Å². The summed E-state index contributed by atoms with van der Waals surface area (Å²) >= 11 is 0. The molecule has 0 bridgehead atoms. The van der Waals surface area contributed by atoms with Gasteiger partial charge in [-0.3, -0.25) is 9.89 Å². The monoisotopic (exact) mass is 249 g/mol. The number of benzene rings is 1. The smallest absolute Gasteiger partial charge is 0.338 e. The van der Waals surface area contributed by atoms with Crippen molar-refractivity contribution in [2.24, 2.45) is 0 Å². The van der Waals surface area contributed by atoms with Gasteiger partial charge < -0.3 is 10.4 Å². The molecule has 92 valence electrons. The van der Waals surface area contributed by atoms with Crippen LogP contribution < -0.4 is 5.32 Å². The van der Waals surface area contributed by atoms with E-state index in [4.69, 9.17) is 5.11 Å². The summed E-state index contributed by atoms with van der Waals surface area (Å²) in [5, 5.41) is 17.2. The molecular formula is C11H8FN3O3. The summed E-state index contributed by atoms with van der Waals surface area (Å²) in [5.41, 5.74) is -0.0954. The fourth-order valence-corrected chi connectivity index (χ4v) is 1.35. The van der Waals surface area contributed by atoms with Gasteiger partial charge in [0.15, 0.2) is 0 Å². The van der Waals surface area contributed by atoms with Crippen molar-refractivity contribution in [2.75, 3.05) is 5.32 Å². The minimum atomic E-state index is -1.40. The Hall–Kier alpha value is -2.70. The molecule has 0 saturated heterocycles. The summed E-state index contributed by atoms with van der Waals surface area (Å²) in [5.74, 6) is -2.75. The number of H-pyrrole nitrogens is 1. The van der Waals surface area contributed by atoms with Crippen molar-refractivity contribution >= 4 is 17.6 Å². The normalized spacial score (nSPS) is 10.1. The first-order valence-electron chi connectivity index (χ1n) is 4.91. The van der Waals surface area contributed by atoms with E-state index in [0.717, 1.165) is 12.1 Å². The number of aromatic amines is 1. The minimum absolute atomic E-state index is 0.188. The van der Waals surface area contributed by atoms with Crippen LogP contribution in [0.15, 0.2) is 30.5 Å². The van der Waals surface area contributed by atoms with Crippen molar-refractivity contribution in [1.29, 1.82) is 0 Å². The molecule has 2 aromatic rings. The van der Waals surface area contributed by atoms with Gasteiger partial charge >= 0.3 is 5.97 Å². The molecule has 0 aliphatic rings. The van der Waals surface area contributed by atoms with Crippen LogP contribution in [0.3, 0.4) is 0 Å². The topological polar surface area (TPSA) is 95.1 Å². The number of hydrogen-bond acceptors (Lipinski definition) is 3. The standard InChI is InChI=1S/C11H8FN3O3/c12-8-2-1-6(5-7(8)11(17)18)14-10(16)9-3-4-13-15-9/h1-5H,(H,13,15)(H,14,16)(H,17,18). The molecule has 0 saturated carbocycles. The Kier molecular flexibility index (Phi) is 3.05. The number of nitrogens with zero attached hydrogens (tertiary/aromatic N) is 1. The number of anilines is 1. The molecule has 0 aliphatic heterocycles. The number of nitrogens with one attached hydrogen (secondary N) is 2. The van der Waals surface area contributed by atoms with Crippen LogP contribution in [0.2, 0.25) is 0 Å². The van der Waals surface area contributed by atoms with Crippen molar-refractivity contribution in [3.05, 3.63) is 47.5 Å². The van der Waals surface area contributed by atoms with Crippen molar-refractivity contribution < 1.29 is 19.1 Å². The fourth-order valence-electron chi connectivity index (χ4n) is 1.35. The zero-order chi connectivity index (χ0) is 13.1. The van der Waals surface area contributed by atoms with Crippen molar-refractivity contribution in [3.8, 4) is 0 Å². The maximum atomic E-state index is 13.1. The lowest BCUT2D eigenvalue weighted by atomic mass is 10.2. The van der Waals surface area contributed by atoms with Gasteiger partial charge in [0.2, 0.25) is 0 Å². The number of carbonyl (C=O) groups is 2. The summed E-state index contributed by atoms with van der Waals surface area (Å²) < 4.78 is 13.1. The molecule has 7 heteroatoms. The Morgan fingerprint density at radius 1 is 1.33 bits per heavy atom. The average Bonchev–Trinajstić information content (AvgIpc) is 2.85. The number of aromatic nitrogens is 2. The van der Waals surface area contributed by atoms with E-state index in [1.165, 1.54) is 18.3 Å². The van der Waals surface area contributed by atoms with Gasteiger partial charge in [-0.1, -0.05) is 0 Å². The lowest BCUT2D eigenvalue weighted by Crippen LogP contribution is -2.13. The summed E-state index contributed by atoms with van der Waals surface area (Å²) in [6, 6.07) is 4.75. The highest BCUT2D eigenvalue weighted by Gasteiger charge is 2.13. The van der Waals surface area contributed by atoms with Crippen molar-refractivity contribution in [3.63, 3.8) is 0 Å². The second-order valence-corrected chi connectivity index (χ2v) is 3.42. The van der Waals surface area contributed by atoms with Crippen LogP contribution in [0.4, 0.5) is 10.1 Å². The third-order valence-corrected chi connectivity index (χ3v) is 2.20. The van der Waals surface area contributed by atoms with Gasteiger partial charge in [0.05, 0.1) is 5.56 Å². The molecular weight excluding hydrogens is 241 g/mol. The lowest BCUT2D eigenvalue weighted by Gasteiger charge is -2.05. The number of rotatable bonds is 3. The minimum Gasteiger partial charge on any atom is -0.478 e. The Balaban J connectivity index is 2.22. The summed E-state index contributed by atoms with van der Waals surface area (Å²) in [6.07, 6.45) is 1.41. The van der Waals surface area contributed by atoms with Crippen molar-refractivity contribution in [1.82, 2.24) is 10.2 Å². The molecule has 1 amide bonds. The van der Waals surface area contributed by atoms with Gasteiger partial charge in [0.1, 0.15) is 11.5 Å². The van der Waals surface area contributed by atoms with Gasteiger partial charge in [-0.15, -0.1) is 0 Å². The van der Waals surface area contributed by atoms with E-state index in [9.17, 15) is 14.0 Å². The first-order valence-corrected chi connectivity index (χ1v) is 4.91. The molecule has 2 rings (SSSR count). The number of carbonyl (C=O) groups excluding carboxylic acids is 1. The second-order valence-electron chi connectivity index (χ2n) is 3.42. The summed E-state index contributed by atoms with van der Waals surface area (Å²) in [6.45, 7) is 0. The largest absolute Gasteiger partial charge is 0.478 e. The van der Waals surface area contributed by atoms with E-state index in [-0.39, 0.29) is 11.4 Å². The van der Waals surface area contributed by atoms with Crippen LogP contribution in [-0.2, 0) is 0 Å². The molecule has 0 spiro atoms. The predicted molar refractivity (Wildman–Crippen MR) is 59.9 cm³/mol. The summed E-state index contributed by atoms with van der Waals surface area (Å²) in [4.78, 5) is 22.3. The Morgan fingerprint density at radius 3 is 2.72 bits per heavy atom. The molecule has 0 fully saturated rings. The maximum absolute atomic E-state index is 13.1. The van der Waals surface area contributed by atoms with Gasteiger partial charge in [0, 0.05) is 11.9 Å². The zero-order valence-corrected chi connectivity index (χ0v) is 8.98. The average molecular weight is 249 g/mol. The SMILES string of the molecule is O=C(Nc1ccc(F)c(C(=O)O)c1)c1ccn[nH]1. The summed E-state index contributed by atoms with van der Waals surface area (Å²) in [7, 11) is 0. The molecule has 6 nitrogen and oxygen atoms in total. The number of carboxylic acids is 1. The molecule has 0 unspecified atom stereocenters. The van der Waals surface area contributed by atoms with E-state index >= 15 is 0 Å². The molecule has 18 heavy (non-hydrogen) atoms. The fraction of sp³-hybridized carbons (Fsp3) is 0. The molecule has 1 heterocycles. The van der Waals surface area contributed by atoms with Crippen LogP contribution in [0, 0.1) is 5.82 Å². The van der Waals surface area contributed by atoms with Crippen LogP contribution in [0.25, 0.3) is 0 Å². The van der Waals surface area contributed by atoms with Gasteiger partial charge in [-0.2, -0.15) is 5.10 Å². The predicted octanol–water partition coefficient (Wildman–Crippen LogP) is 1.50. The Bertz CT molecular complexity index is 596. The first-order chi connectivity index (χ1) is 8.58. The molecule has 3 N–H and O–H groups in total. The number of halogens is 1. The van der Waals surface area contributed by atoms with Crippen molar-refractivity contribution in [2.45, 2.75) is 0 Å². The molecule has 0 radical (unpaired) electrons. The van der Waals surface area contributed by atoms with Crippen LogP contribution >= 0.6 is 0 Å². The van der Waals surface area contributed by atoms with E-state index in [1.807, 2.05) is 0 Å². The maximum Gasteiger partial charge on any atom is 0.338 e. The van der Waals surface area contributed by atoms with E-state index in [1.54, 1.807) is 0 Å². The van der Waals surface area contributed by atoms with Crippen LogP contribution in [0.1, 0.15) is 20.8 Å². The van der Waals surface area contributed by atoms with Crippen LogP contribution in [-0.4, -0.2) is 27.2 Å². The highest BCUT2D eigenvalue weighted by Crippen LogP contribution is 2.15. The molecule has 0 atom stereocenters. The van der Waals surface area contributed by atoms with Gasteiger partial charge in [-0.25, -0.2) is 9.18 Å². The lowest BCUT2D eigenvalue weighted by molar-refractivity contribution is 0.0691. The Morgan fingerprint density at radius 2 is 2.11 bits per heavy atom. The first kappa shape index (κ1) is 11.8. The molecule has 0 aliphatic carbocycles. The molecule has 1 aromatic heterocycles. The van der Waals surface area contributed by atoms with Crippen LogP contribution in [0.5, 0.6) is 0 Å². The number of amides is 1. The van der Waals surface area contributed by atoms with E-state index in [2.05, 4.69) is 15.5 Å². The van der Waals surface area contributed by atoms with E-state index in [0.29, 0.717) is 0 Å². The molecule has 1 aromatic carbocycles. The number of aromatic carboxylic acids is 1. The van der Waals surface area contributed by atoms with Gasteiger partial charge in [0.25, 0.3) is 5.91 Å². The highest BCUT2D eigenvalue weighted by molar-refractivity contribution is 6.03. The Labute approximate surface area is 100 Å². The highest BCUT2D eigenvalue weighted by atomic mass is 19.1. The number of hydrogen-bond donors (Lipinski definition) is 3. The number of carboxylic acid groups (broad SMARTS) is 1. The third kappa shape index (κ3) is 2.34. The second kappa shape index (κ2) is 4.66. The third-order valence-electron chi connectivity index (χ3n) is 2.20. The van der Waals surface area contributed by atoms with Gasteiger partial charge in [-0.05, 0) is 24.3 Å². The zero-order valence-electron chi connectivity index (χ0n) is 8.98.